The maximum absolute atomic E-state index is 12.4. The topological polar surface area (TPSA) is 82.9 Å². The molecule has 2 heterocycles. The lowest BCUT2D eigenvalue weighted by molar-refractivity contribution is -0.115. The highest BCUT2D eigenvalue weighted by Gasteiger charge is 2.11. The highest BCUT2D eigenvalue weighted by molar-refractivity contribution is 7.80. The molecule has 178 valence electrons. The van der Waals surface area contributed by atoms with E-state index in [4.69, 9.17) is 39.8 Å². The molecule has 5 aromatic rings. The minimum atomic E-state index is -0.400. The molecule has 36 heavy (non-hydrogen) atoms. The highest BCUT2D eigenvalue weighted by atomic mass is 35.5. The van der Waals surface area contributed by atoms with Crippen molar-refractivity contribution in [1.29, 1.82) is 0 Å². The van der Waals surface area contributed by atoms with E-state index in [1.807, 2.05) is 48.5 Å². The number of hydrogen-bond donors (Lipinski definition) is 3. The molecule has 3 N–H and O–H groups in total. The number of aromatic amines is 1. The molecular formula is C27H18Cl2N4O2S. The minimum Gasteiger partial charge on any atom is -0.457 e. The van der Waals surface area contributed by atoms with Crippen molar-refractivity contribution in [2.45, 2.75) is 0 Å². The average Bonchev–Trinajstić information content (AvgIpc) is 3.51. The van der Waals surface area contributed by atoms with Crippen molar-refractivity contribution in [3.8, 4) is 22.7 Å². The molecule has 0 saturated carbocycles. The van der Waals surface area contributed by atoms with Crippen LogP contribution in [0.3, 0.4) is 0 Å². The van der Waals surface area contributed by atoms with E-state index in [1.54, 1.807) is 36.4 Å². The molecule has 5 rings (SSSR count). The number of furan rings is 1. The second-order valence-corrected chi connectivity index (χ2v) is 9.03. The first kappa shape index (κ1) is 23.8. The Kier molecular flexibility index (Phi) is 6.86. The van der Waals surface area contributed by atoms with Crippen molar-refractivity contribution in [2.24, 2.45) is 0 Å². The smallest absolute Gasteiger partial charge is 0.250 e. The van der Waals surface area contributed by atoms with Gasteiger partial charge in [-0.25, -0.2) is 4.98 Å². The standard InChI is InChI=1S/C27H18Cl2N4O2S/c28-17-7-5-16(6-8-17)24-13-10-19(35-24)11-14-25(34)33-27(36)30-18-9-12-21(29)20(15-18)26-31-22-3-1-2-4-23(22)32-26/h1-15H,(H,31,32)(H2,30,33,34,36). The summed E-state index contributed by atoms with van der Waals surface area (Å²) in [7, 11) is 0. The van der Waals surface area contributed by atoms with Crippen LogP contribution in [0, 0.1) is 0 Å². The van der Waals surface area contributed by atoms with Gasteiger partial charge in [0.2, 0.25) is 5.91 Å². The van der Waals surface area contributed by atoms with Crippen LogP contribution in [0.25, 0.3) is 39.8 Å². The van der Waals surface area contributed by atoms with Crippen LogP contribution in [-0.4, -0.2) is 21.0 Å². The number of amides is 1. The van der Waals surface area contributed by atoms with Gasteiger partial charge in [-0.05, 0) is 85.0 Å². The maximum Gasteiger partial charge on any atom is 0.250 e. The van der Waals surface area contributed by atoms with Gasteiger partial charge in [0, 0.05) is 27.9 Å². The van der Waals surface area contributed by atoms with Crippen molar-refractivity contribution in [2.75, 3.05) is 5.32 Å². The molecule has 0 fully saturated rings. The lowest BCUT2D eigenvalue weighted by Gasteiger charge is -2.10. The number of carbonyl (C=O) groups is 1. The van der Waals surface area contributed by atoms with E-state index in [9.17, 15) is 4.79 Å². The summed E-state index contributed by atoms with van der Waals surface area (Å²) in [6, 6.07) is 24.0. The number of aromatic nitrogens is 2. The second kappa shape index (κ2) is 10.4. The molecule has 2 aromatic heterocycles. The van der Waals surface area contributed by atoms with E-state index in [-0.39, 0.29) is 5.11 Å². The monoisotopic (exact) mass is 532 g/mol. The Hall–Kier alpha value is -3.91. The van der Waals surface area contributed by atoms with Gasteiger partial charge in [-0.2, -0.15) is 0 Å². The summed E-state index contributed by atoms with van der Waals surface area (Å²) >= 11 is 17.6. The summed E-state index contributed by atoms with van der Waals surface area (Å²) in [6.45, 7) is 0. The van der Waals surface area contributed by atoms with Gasteiger partial charge in [-0.1, -0.05) is 35.3 Å². The lowest BCUT2D eigenvalue weighted by atomic mass is 10.2. The SMILES string of the molecule is O=C(C=Cc1ccc(-c2ccc(Cl)cc2)o1)NC(=S)Nc1ccc(Cl)c(-c2nc3ccccc3[nH]2)c1. The van der Waals surface area contributed by atoms with Crippen molar-refractivity contribution in [3.05, 3.63) is 101 Å². The maximum atomic E-state index is 12.4. The third-order valence-corrected chi connectivity index (χ3v) is 6.05. The van der Waals surface area contributed by atoms with Crippen LogP contribution < -0.4 is 10.6 Å². The number of nitrogens with one attached hydrogen (secondary N) is 3. The minimum absolute atomic E-state index is 0.142. The van der Waals surface area contributed by atoms with Gasteiger partial charge in [-0.15, -0.1) is 0 Å². The van der Waals surface area contributed by atoms with Gasteiger partial charge in [0.05, 0.1) is 16.1 Å². The van der Waals surface area contributed by atoms with Crippen LogP contribution in [0.5, 0.6) is 0 Å². The number of halogens is 2. The van der Waals surface area contributed by atoms with E-state index in [2.05, 4.69) is 20.6 Å². The van der Waals surface area contributed by atoms with Crippen molar-refractivity contribution >= 4 is 69.2 Å². The lowest BCUT2D eigenvalue weighted by Crippen LogP contribution is -2.32. The number of hydrogen-bond acceptors (Lipinski definition) is 4. The largest absolute Gasteiger partial charge is 0.457 e. The van der Waals surface area contributed by atoms with E-state index in [0.29, 0.717) is 38.6 Å². The molecule has 0 spiro atoms. The number of carbonyl (C=O) groups excluding carboxylic acids is 1. The fourth-order valence-corrected chi connectivity index (χ4v) is 4.10. The van der Waals surface area contributed by atoms with E-state index >= 15 is 0 Å². The zero-order chi connectivity index (χ0) is 25.1. The van der Waals surface area contributed by atoms with Crippen molar-refractivity contribution in [1.82, 2.24) is 15.3 Å². The van der Waals surface area contributed by atoms with Gasteiger partial charge in [0.15, 0.2) is 5.11 Å². The van der Waals surface area contributed by atoms with Crippen LogP contribution in [0.2, 0.25) is 10.0 Å². The molecule has 0 atom stereocenters. The van der Waals surface area contributed by atoms with Gasteiger partial charge in [0.25, 0.3) is 0 Å². The van der Waals surface area contributed by atoms with Gasteiger partial charge >= 0.3 is 0 Å². The van der Waals surface area contributed by atoms with Crippen LogP contribution >= 0.6 is 35.4 Å². The van der Waals surface area contributed by atoms with Crippen LogP contribution in [0.15, 0.2) is 89.4 Å². The molecule has 0 aliphatic rings. The summed E-state index contributed by atoms with van der Waals surface area (Å²) in [6.07, 6.45) is 2.92. The number of benzene rings is 3. The predicted molar refractivity (Wildman–Crippen MR) is 149 cm³/mol. The number of anilines is 1. The number of rotatable bonds is 5. The van der Waals surface area contributed by atoms with Crippen LogP contribution in [-0.2, 0) is 4.79 Å². The van der Waals surface area contributed by atoms with Gasteiger partial charge in [0.1, 0.15) is 17.3 Å². The molecule has 0 aliphatic carbocycles. The zero-order valence-corrected chi connectivity index (χ0v) is 20.9. The predicted octanol–water partition coefficient (Wildman–Crippen LogP) is 7.32. The van der Waals surface area contributed by atoms with Crippen LogP contribution in [0.1, 0.15) is 5.76 Å². The van der Waals surface area contributed by atoms with E-state index in [1.165, 1.54) is 6.08 Å². The van der Waals surface area contributed by atoms with Crippen LogP contribution in [0.4, 0.5) is 5.69 Å². The summed E-state index contributed by atoms with van der Waals surface area (Å²) in [5, 5.41) is 6.95. The molecule has 0 saturated heterocycles. The molecule has 6 nitrogen and oxygen atoms in total. The fourth-order valence-electron chi connectivity index (χ4n) is 3.55. The zero-order valence-electron chi connectivity index (χ0n) is 18.6. The molecular weight excluding hydrogens is 515 g/mol. The van der Waals surface area contributed by atoms with Gasteiger partial charge in [-0.3, -0.25) is 10.1 Å². The van der Waals surface area contributed by atoms with Gasteiger partial charge < -0.3 is 14.7 Å². The average molecular weight is 533 g/mol. The molecule has 0 unspecified atom stereocenters. The fraction of sp³-hybridized carbons (Fsp3) is 0. The van der Waals surface area contributed by atoms with E-state index in [0.717, 1.165) is 16.6 Å². The molecule has 0 bridgehead atoms. The Morgan fingerprint density at radius 1 is 1.00 bits per heavy atom. The third-order valence-electron chi connectivity index (χ3n) is 5.26. The number of imidazole rings is 1. The van der Waals surface area contributed by atoms with Crippen molar-refractivity contribution < 1.29 is 9.21 Å². The quantitative estimate of drug-likeness (QED) is 0.163. The molecule has 0 radical (unpaired) electrons. The second-order valence-electron chi connectivity index (χ2n) is 7.78. The first-order valence-corrected chi connectivity index (χ1v) is 12.0. The number of thiocarbonyl (C=S) groups is 1. The Bertz CT molecular complexity index is 1570. The highest BCUT2D eigenvalue weighted by Crippen LogP contribution is 2.30. The third kappa shape index (κ3) is 5.49. The molecule has 9 heteroatoms. The number of fused-ring (bicyclic) bond motifs is 1. The molecule has 1 amide bonds. The Morgan fingerprint density at radius 2 is 1.81 bits per heavy atom. The van der Waals surface area contributed by atoms with E-state index < -0.39 is 5.91 Å². The molecule has 3 aromatic carbocycles. The first-order chi connectivity index (χ1) is 17.4. The summed E-state index contributed by atoms with van der Waals surface area (Å²) in [5.41, 5.74) is 4.00. The number of H-pyrrole nitrogens is 1. The summed E-state index contributed by atoms with van der Waals surface area (Å²) in [4.78, 5) is 20.2. The number of nitrogens with zero attached hydrogens (tertiary/aromatic N) is 1. The summed E-state index contributed by atoms with van der Waals surface area (Å²) in [5.74, 6) is 1.44. The Morgan fingerprint density at radius 3 is 2.61 bits per heavy atom. The summed E-state index contributed by atoms with van der Waals surface area (Å²) < 4.78 is 5.77. The number of para-hydroxylation sites is 2. The Balaban J connectivity index is 1.22. The molecule has 0 aliphatic heterocycles. The Labute approximate surface area is 222 Å². The first-order valence-electron chi connectivity index (χ1n) is 10.8. The normalized spacial score (nSPS) is 11.2. The van der Waals surface area contributed by atoms with Crippen molar-refractivity contribution in [3.63, 3.8) is 0 Å².